The summed E-state index contributed by atoms with van der Waals surface area (Å²) in [5, 5.41) is 2.43. The Balaban J connectivity index is 2.26. The second kappa shape index (κ2) is 5.58. The topological polar surface area (TPSA) is 12.0 Å². The maximum absolute atomic E-state index is 13.5. The molecule has 1 fully saturated rings. The molecule has 1 aliphatic rings. The van der Waals surface area contributed by atoms with Crippen molar-refractivity contribution in [2.45, 2.75) is 39.0 Å². The van der Waals surface area contributed by atoms with Crippen molar-refractivity contribution < 1.29 is 22.0 Å². The van der Waals surface area contributed by atoms with E-state index in [4.69, 9.17) is 0 Å². The van der Waals surface area contributed by atoms with Crippen LogP contribution in [0.2, 0.25) is 0 Å². The molecule has 2 rings (SSSR count). The highest BCUT2D eigenvalue weighted by Gasteiger charge is 2.33. The molecule has 1 N–H and O–H groups in total. The van der Waals surface area contributed by atoms with Crippen LogP contribution in [0.3, 0.4) is 0 Å². The molecule has 0 spiro atoms. The van der Waals surface area contributed by atoms with E-state index in [2.05, 4.69) is 5.32 Å². The average Bonchev–Trinajstić information content (AvgIpc) is 2.92. The van der Waals surface area contributed by atoms with Crippen LogP contribution in [0, 0.1) is 34.5 Å². The van der Waals surface area contributed by atoms with E-state index in [9.17, 15) is 22.0 Å². The van der Waals surface area contributed by atoms with Crippen molar-refractivity contribution in [1.29, 1.82) is 0 Å². The van der Waals surface area contributed by atoms with Crippen LogP contribution < -0.4 is 5.32 Å². The fourth-order valence-corrected chi connectivity index (χ4v) is 2.82. The van der Waals surface area contributed by atoms with Gasteiger partial charge in [0, 0.05) is 6.54 Å². The lowest BCUT2D eigenvalue weighted by atomic mass is 9.83. The zero-order chi connectivity index (χ0) is 14.9. The third kappa shape index (κ3) is 2.47. The van der Waals surface area contributed by atoms with Crippen LogP contribution in [0.25, 0.3) is 0 Å². The van der Waals surface area contributed by atoms with Gasteiger partial charge >= 0.3 is 0 Å². The molecule has 112 valence electrons. The predicted molar refractivity (Wildman–Crippen MR) is 65.9 cm³/mol. The van der Waals surface area contributed by atoms with E-state index in [1.807, 2.05) is 6.92 Å². The molecular formula is C14H16F5N. The van der Waals surface area contributed by atoms with Crippen molar-refractivity contribution in [3.63, 3.8) is 0 Å². The molecule has 0 amide bonds. The van der Waals surface area contributed by atoms with Crippen LogP contribution in [0.1, 0.15) is 39.0 Å². The van der Waals surface area contributed by atoms with Gasteiger partial charge in [-0.3, -0.25) is 0 Å². The summed E-state index contributed by atoms with van der Waals surface area (Å²) in [5.41, 5.74) is -1.05. The lowest BCUT2D eigenvalue weighted by Gasteiger charge is -2.28. The first-order valence-electron chi connectivity index (χ1n) is 6.67. The highest BCUT2D eigenvalue weighted by Crippen LogP contribution is 2.41. The number of hydrogen-bond acceptors (Lipinski definition) is 1. The van der Waals surface area contributed by atoms with Crippen LogP contribution in [-0.4, -0.2) is 6.54 Å². The summed E-state index contributed by atoms with van der Waals surface area (Å²) in [5.74, 6) is -9.56. The number of rotatable bonds is 4. The largest absolute Gasteiger partial charge is 0.380 e. The molecule has 0 unspecified atom stereocenters. The van der Waals surface area contributed by atoms with Crippen molar-refractivity contribution in [2.75, 3.05) is 11.9 Å². The minimum Gasteiger partial charge on any atom is -0.380 e. The minimum atomic E-state index is -2.13. The Bertz CT molecular complexity index is 480. The van der Waals surface area contributed by atoms with Gasteiger partial charge in [0.15, 0.2) is 23.3 Å². The van der Waals surface area contributed by atoms with Gasteiger partial charge in [-0.15, -0.1) is 0 Å². The lowest BCUT2D eigenvalue weighted by Crippen LogP contribution is -2.27. The third-order valence-electron chi connectivity index (χ3n) is 4.26. The van der Waals surface area contributed by atoms with Crippen molar-refractivity contribution >= 4 is 5.69 Å². The van der Waals surface area contributed by atoms with Gasteiger partial charge in [0.2, 0.25) is 5.82 Å². The van der Waals surface area contributed by atoms with Crippen molar-refractivity contribution in [2.24, 2.45) is 5.41 Å². The van der Waals surface area contributed by atoms with Crippen LogP contribution in [0.5, 0.6) is 0 Å². The van der Waals surface area contributed by atoms with Gasteiger partial charge in [-0.25, -0.2) is 22.0 Å². The molecule has 0 aromatic heterocycles. The van der Waals surface area contributed by atoms with Gasteiger partial charge in [0.05, 0.1) is 0 Å². The number of anilines is 1. The molecule has 6 heteroatoms. The summed E-state index contributed by atoms with van der Waals surface area (Å²) in [7, 11) is 0. The maximum Gasteiger partial charge on any atom is 0.200 e. The van der Waals surface area contributed by atoms with E-state index in [-0.39, 0.29) is 12.0 Å². The van der Waals surface area contributed by atoms with E-state index in [0.29, 0.717) is 0 Å². The van der Waals surface area contributed by atoms with Gasteiger partial charge in [0.1, 0.15) is 5.69 Å². The Morgan fingerprint density at radius 2 is 1.30 bits per heavy atom. The molecule has 0 saturated heterocycles. The van der Waals surface area contributed by atoms with E-state index < -0.39 is 34.8 Å². The smallest absolute Gasteiger partial charge is 0.200 e. The first kappa shape index (κ1) is 15.1. The zero-order valence-corrected chi connectivity index (χ0v) is 11.1. The van der Waals surface area contributed by atoms with Gasteiger partial charge < -0.3 is 5.32 Å². The van der Waals surface area contributed by atoms with Crippen LogP contribution in [-0.2, 0) is 0 Å². The van der Waals surface area contributed by atoms with Crippen LogP contribution >= 0.6 is 0 Å². The molecule has 0 bridgehead atoms. The molecular weight excluding hydrogens is 277 g/mol. The molecule has 1 saturated carbocycles. The Kier molecular flexibility index (Phi) is 4.20. The van der Waals surface area contributed by atoms with E-state index in [1.165, 1.54) is 0 Å². The quantitative estimate of drug-likeness (QED) is 0.479. The second-order valence-corrected chi connectivity index (χ2v) is 5.36. The van der Waals surface area contributed by atoms with Crippen LogP contribution in [0.4, 0.5) is 27.6 Å². The van der Waals surface area contributed by atoms with Crippen molar-refractivity contribution in [1.82, 2.24) is 0 Å². The number of benzene rings is 1. The Labute approximate surface area is 114 Å². The van der Waals surface area contributed by atoms with Crippen LogP contribution in [0.15, 0.2) is 0 Å². The highest BCUT2D eigenvalue weighted by atomic mass is 19.2. The SMILES string of the molecule is CCC1(CNc2c(F)c(F)c(F)c(F)c2F)CCCC1. The summed E-state index contributed by atoms with van der Waals surface area (Å²) in [6.07, 6.45) is 4.63. The van der Waals surface area contributed by atoms with Crippen molar-refractivity contribution in [3.8, 4) is 0 Å². The summed E-state index contributed by atoms with van der Waals surface area (Å²) in [6, 6.07) is 0. The summed E-state index contributed by atoms with van der Waals surface area (Å²) >= 11 is 0. The molecule has 1 aromatic rings. The van der Waals surface area contributed by atoms with Gasteiger partial charge in [-0.2, -0.15) is 0 Å². The molecule has 20 heavy (non-hydrogen) atoms. The Morgan fingerprint density at radius 3 is 1.75 bits per heavy atom. The lowest BCUT2D eigenvalue weighted by molar-refractivity contribution is 0.305. The van der Waals surface area contributed by atoms with Crippen molar-refractivity contribution in [3.05, 3.63) is 29.1 Å². The molecule has 1 aromatic carbocycles. The number of halogens is 5. The summed E-state index contributed by atoms with van der Waals surface area (Å²) in [6.45, 7) is 2.17. The highest BCUT2D eigenvalue weighted by molar-refractivity contribution is 5.48. The molecule has 1 nitrogen and oxygen atoms in total. The number of nitrogens with one attached hydrogen (secondary N) is 1. The monoisotopic (exact) mass is 293 g/mol. The van der Waals surface area contributed by atoms with E-state index >= 15 is 0 Å². The fourth-order valence-electron chi connectivity index (χ4n) is 2.82. The normalized spacial score (nSPS) is 17.5. The van der Waals surface area contributed by atoms with Gasteiger partial charge in [-0.05, 0) is 24.7 Å². The average molecular weight is 293 g/mol. The minimum absolute atomic E-state index is 0.125. The molecule has 0 atom stereocenters. The Morgan fingerprint density at radius 1 is 0.850 bits per heavy atom. The maximum atomic E-state index is 13.5. The molecule has 0 radical (unpaired) electrons. The van der Waals surface area contributed by atoms with E-state index in [1.54, 1.807) is 0 Å². The van der Waals surface area contributed by atoms with Gasteiger partial charge in [-0.1, -0.05) is 19.8 Å². The summed E-state index contributed by atoms with van der Waals surface area (Å²) in [4.78, 5) is 0. The number of hydrogen-bond donors (Lipinski definition) is 1. The Hall–Kier alpha value is -1.33. The first-order chi connectivity index (χ1) is 9.42. The predicted octanol–water partition coefficient (Wildman–Crippen LogP) is 4.76. The molecule has 1 aliphatic carbocycles. The molecule has 0 heterocycles. The summed E-state index contributed by atoms with van der Waals surface area (Å²) < 4.78 is 66.1. The third-order valence-corrected chi connectivity index (χ3v) is 4.26. The van der Waals surface area contributed by atoms with E-state index in [0.717, 1.165) is 32.1 Å². The fraction of sp³-hybridized carbons (Fsp3) is 0.571. The zero-order valence-electron chi connectivity index (χ0n) is 11.1. The first-order valence-corrected chi connectivity index (χ1v) is 6.67. The second-order valence-electron chi connectivity index (χ2n) is 5.36. The van der Waals surface area contributed by atoms with Gasteiger partial charge in [0.25, 0.3) is 0 Å². The standard InChI is InChI=1S/C14H16F5N/c1-2-14(5-3-4-6-14)7-20-13-11(18)9(16)8(15)10(17)12(13)19/h20H,2-7H2,1H3. The molecule has 0 aliphatic heterocycles.